The van der Waals surface area contributed by atoms with Gasteiger partial charge < -0.3 is 9.88 Å². The molecule has 4 aromatic rings. The number of hydrogen-bond acceptors (Lipinski definition) is 5. The Morgan fingerprint density at radius 2 is 1.85 bits per heavy atom. The fourth-order valence-corrected chi connectivity index (χ4v) is 4.28. The third kappa shape index (κ3) is 4.21. The normalized spacial score (nSPS) is 13.5. The SMILES string of the molecule is O=C(CCn1[nH]c(=O)c2ccccc2c1=O)Nc1cccc(-c2nnc3n2CCCCC3)c1. The lowest BCUT2D eigenvalue weighted by molar-refractivity contribution is -0.116. The third-order valence-corrected chi connectivity index (χ3v) is 5.96. The number of anilines is 1. The van der Waals surface area contributed by atoms with Gasteiger partial charge in [-0.3, -0.25) is 19.5 Å². The average molecular weight is 444 g/mol. The van der Waals surface area contributed by atoms with Crippen molar-refractivity contribution in [1.29, 1.82) is 0 Å². The summed E-state index contributed by atoms with van der Waals surface area (Å²) in [4.78, 5) is 37.4. The first kappa shape index (κ1) is 20.9. The summed E-state index contributed by atoms with van der Waals surface area (Å²) in [6.45, 7) is 0.967. The van der Waals surface area contributed by atoms with E-state index in [0.29, 0.717) is 16.5 Å². The van der Waals surface area contributed by atoms with Crippen LogP contribution in [0.25, 0.3) is 22.2 Å². The maximum atomic E-state index is 12.6. The molecule has 168 valence electrons. The zero-order chi connectivity index (χ0) is 22.8. The number of aryl methyl sites for hydroxylation is 2. The molecule has 0 bridgehead atoms. The van der Waals surface area contributed by atoms with Crippen LogP contribution in [0.15, 0.2) is 58.1 Å². The molecule has 33 heavy (non-hydrogen) atoms. The van der Waals surface area contributed by atoms with Gasteiger partial charge in [-0.15, -0.1) is 10.2 Å². The minimum atomic E-state index is -0.356. The maximum Gasteiger partial charge on any atom is 0.273 e. The van der Waals surface area contributed by atoms with E-state index in [1.807, 2.05) is 24.3 Å². The molecule has 9 nitrogen and oxygen atoms in total. The highest BCUT2D eigenvalue weighted by atomic mass is 16.2. The van der Waals surface area contributed by atoms with Crippen molar-refractivity contribution in [2.24, 2.45) is 0 Å². The van der Waals surface area contributed by atoms with E-state index < -0.39 is 0 Å². The van der Waals surface area contributed by atoms with Crippen LogP contribution >= 0.6 is 0 Å². The quantitative estimate of drug-likeness (QED) is 0.491. The molecule has 0 fully saturated rings. The first-order chi connectivity index (χ1) is 16.1. The second kappa shape index (κ2) is 8.85. The number of hydrogen-bond donors (Lipinski definition) is 2. The van der Waals surface area contributed by atoms with Gasteiger partial charge in [0.2, 0.25) is 5.91 Å². The van der Waals surface area contributed by atoms with E-state index in [9.17, 15) is 14.4 Å². The van der Waals surface area contributed by atoms with Crippen LogP contribution in [0.1, 0.15) is 31.5 Å². The largest absolute Gasteiger partial charge is 0.326 e. The summed E-state index contributed by atoms with van der Waals surface area (Å²) in [7, 11) is 0. The van der Waals surface area contributed by atoms with Crippen LogP contribution in [0.2, 0.25) is 0 Å². The lowest BCUT2D eigenvalue weighted by atomic mass is 10.2. The topological polar surface area (TPSA) is 115 Å². The van der Waals surface area contributed by atoms with Gasteiger partial charge in [0.1, 0.15) is 5.82 Å². The van der Waals surface area contributed by atoms with Crippen LogP contribution in [0.4, 0.5) is 5.69 Å². The van der Waals surface area contributed by atoms with Gasteiger partial charge in [-0.2, -0.15) is 0 Å². The minimum absolute atomic E-state index is 0.0404. The van der Waals surface area contributed by atoms with E-state index >= 15 is 0 Å². The molecule has 5 rings (SSSR count). The molecule has 1 aliphatic rings. The van der Waals surface area contributed by atoms with Crippen molar-refractivity contribution >= 4 is 22.4 Å². The fourth-order valence-electron chi connectivity index (χ4n) is 4.28. The van der Waals surface area contributed by atoms with E-state index in [-0.39, 0.29) is 30.0 Å². The highest BCUT2D eigenvalue weighted by Crippen LogP contribution is 2.25. The Kier molecular flexibility index (Phi) is 5.60. The first-order valence-electron chi connectivity index (χ1n) is 11.1. The van der Waals surface area contributed by atoms with Gasteiger partial charge in [-0.25, -0.2) is 4.68 Å². The van der Waals surface area contributed by atoms with E-state index in [1.165, 1.54) is 11.1 Å². The highest BCUT2D eigenvalue weighted by molar-refractivity contribution is 5.91. The summed E-state index contributed by atoms with van der Waals surface area (Å²) in [6.07, 6.45) is 4.38. The lowest BCUT2D eigenvalue weighted by Crippen LogP contribution is -2.31. The predicted molar refractivity (Wildman–Crippen MR) is 125 cm³/mol. The van der Waals surface area contributed by atoms with Crippen LogP contribution in [0.5, 0.6) is 0 Å². The van der Waals surface area contributed by atoms with Crippen molar-refractivity contribution in [3.63, 3.8) is 0 Å². The lowest BCUT2D eigenvalue weighted by Gasteiger charge is -2.10. The number of carbonyl (C=O) groups is 1. The smallest absolute Gasteiger partial charge is 0.273 e. The average Bonchev–Trinajstić information content (AvgIpc) is 3.09. The number of benzene rings is 2. The summed E-state index contributed by atoms with van der Waals surface area (Å²) >= 11 is 0. The summed E-state index contributed by atoms with van der Waals surface area (Å²) in [5.74, 6) is 1.56. The second-order valence-corrected chi connectivity index (χ2v) is 8.22. The number of aromatic amines is 1. The van der Waals surface area contributed by atoms with E-state index in [4.69, 9.17) is 0 Å². The Balaban J connectivity index is 1.30. The fraction of sp³-hybridized carbons (Fsp3) is 0.292. The van der Waals surface area contributed by atoms with Crippen LogP contribution in [-0.2, 0) is 24.3 Å². The molecule has 0 aliphatic carbocycles. The molecular formula is C24H24N6O3. The van der Waals surface area contributed by atoms with E-state index in [0.717, 1.165) is 43.0 Å². The monoisotopic (exact) mass is 444 g/mol. The standard InChI is InChI=1S/C24H24N6O3/c31-21(12-14-30-24(33)19-10-4-3-9-18(19)23(32)28-30)25-17-8-6-7-16(15-17)22-27-26-20-11-2-1-5-13-29(20)22/h3-4,6-10,15H,1-2,5,11-14H2,(H,25,31)(H,28,32). The number of carbonyl (C=O) groups excluding carboxylic acids is 1. The Hall–Kier alpha value is -4.01. The van der Waals surface area contributed by atoms with Crippen LogP contribution in [0, 0.1) is 0 Å². The van der Waals surface area contributed by atoms with Gasteiger partial charge in [0.25, 0.3) is 11.1 Å². The molecule has 0 saturated carbocycles. The summed E-state index contributed by atoms with van der Waals surface area (Å²) in [6, 6.07) is 14.1. The first-order valence-corrected chi connectivity index (χ1v) is 11.1. The molecule has 0 saturated heterocycles. The molecule has 0 atom stereocenters. The number of rotatable bonds is 5. The second-order valence-electron chi connectivity index (χ2n) is 8.22. The molecule has 9 heteroatoms. The minimum Gasteiger partial charge on any atom is -0.326 e. The van der Waals surface area contributed by atoms with Crippen molar-refractivity contribution in [1.82, 2.24) is 24.5 Å². The summed E-state index contributed by atoms with van der Waals surface area (Å²) in [5.41, 5.74) is 0.851. The molecule has 1 aliphatic heterocycles. The van der Waals surface area contributed by atoms with E-state index in [2.05, 4.69) is 25.2 Å². The molecule has 2 N–H and O–H groups in total. The van der Waals surface area contributed by atoms with E-state index in [1.54, 1.807) is 24.3 Å². The number of nitrogens with zero attached hydrogens (tertiary/aromatic N) is 4. The van der Waals surface area contributed by atoms with Gasteiger partial charge in [0.15, 0.2) is 5.82 Å². The summed E-state index contributed by atoms with van der Waals surface area (Å²) < 4.78 is 3.35. The Morgan fingerprint density at radius 1 is 1.00 bits per heavy atom. The number of amides is 1. The number of H-pyrrole nitrogens is 1. The maximum absolute atomic E-state index is 12.6. The van der Waals surface area contributed by atoms with Gasteiger partial charge in [0.05, 0.1) is 17.3 Å². The zero-order valence-electron chi connectivity index (χ0n) is 18.1. The third-order valence-electron chi connectivity index (χ3n) is 5.96. The molecule has 0 unspecified atom stereocenters. The molecular weight excluding hydrogens is 420 g/mol. The van der Waals surface area contributed by atoms with Crippen molar-refractivity contribution in [2.75, 3.05) is 5.32 Å². The molecule has 0 radical (unpaired) electrons. The summed E-state index contributed by atoms with van der Waals surface area (Å²) in [5, 5.41) is 14.8. The van der Waals surface area contributed by atoms with Gasteiger partial charge in [0, 0.05) is 30.6 Å². The van der Waals surface area contributed by atoms with Gasteiger partial charge >= 0.3 is 0 Å². The number of nitrogens with one attached hydrogen (secondary N) is 2. The van der Waals surface area contributed by atoms with Crippen LogP contribution in [-0.4, -0.2) is 30.5 Å². The Morgan fingerprint density at radius 3 is 2.73 bits per heavy atom. The van der Waals surface area contributed by atoms with Crippen molar-refractivity contribution in [2.45, 2.75) is 45.2 Å². The van der Waals surface area contributed by atoms with Gasteiger partial charge in [-0.05, 0) is 37.1 Å². The van der Waals surface area contributed by atoms with Crippen LogP contribution in [0.3, 0.4) is 0 Å². The molecule has 0 spiro atoms. The van der Waals surface area contributed by atoms with Crippen molar-refractivity contribution in [3.8, 4) is 11.4 Å². The predicted octanol–water partition coefficient (Wildman–Crippen LogP) is 2.70. The van der Waals surface area contributed by atoms with Crippen molar-refractivity contribution < 1.29 is 4.79 Å². The van der Waals surface area contributed by atoms with Crippen molar-refractivity contribution in [3.05, 3.63) is 75.1 Å². The molecule has 1 amide bonds. The molecule has 3 heterocycles. The molecule has 2 aromatic heterocycles. The zero-order valence-corrected chi connectivity index (χ0v) is 18.1. The Bertz CT molecular complexity index is 1450. The number of aromatic nitrogens is 5. The number of fused-ring (bicyclic) bond motifs is 2. The van der Waals surface area contributed by atoms with Gasteiger partial charge in [-0.1, -0.05) is 30.7 Å². The Labute approximate surface area is 189 Å². The van der Waals surface area contributed by atoms with Crippen LogP contribution < -0.4 is 16.4 Å². The molecule has 2 aromatic carbocycles. The highest BCUT2D eigenvalue weighted by Gasteiger charge is 2.16.